The normalized spacial score (nSPS) is 14.5. The van der Waals surface area contributed by atoms with Gasteiger partial charge >= 0.3 is 12.1 Å². The molecular weight excluding hydrogens is 520 g/mol. The number of hydrogen-bond acceptors (Lipinski definition) is 4. The van der Waals surface area contributed by atoms with Crippen molar-refractivity contribution in [3.05, 3.63) is 70.7 Å². The smallest absolute Gasteiger partial charge is 0.383 e. The van der Waals surface area contributed by atoms with Crippen LogP contribution in [-0.4, -0.2) is 60.2 Å². The lowest BCUT2D eigenvalue weighted by Gasteiger charge is -2.32. The number of nitrogens with two attached hydrogens (primary N) is 1. The fourth-order valence-corrected chi connectivity index (χ4v) is 4.96. The van der Waals surface area contributed by atoms with Gasteiger partial charge in [0.2, 0.25) is 5.91 Å². The highest BCUT2D eigenvalue weighted by Crippen LogP contribution is 2.33. The molecule has 12 heteroatoms. The molecule has 0 saturated carbocycles. The second-order valence-electron chi connectivity index (χ2n) is 9.40. The molecule has 0 atom stereocenters. The van der Waals surface area contributed by atoms with E-state index in [0.29, 0.717) is 66.7 Å². The minimum atomic E-state index is -5.00. The Hall–Kier alpha value is -3.93. The van der Waals surface area contributed by atoms with Gasteiger partial charge in [0.15, 0.2) is 0 Å². The summed E-state index contributed by atoms with van der Waals surface area (Å²) in [6, 6.07) is 9.01. The van der Waals surface area contributed by atoms with Crippen LogP contribution in [0.5, 0.6) is 0 Å². The largest absolute Gasteiger partial charge is 0.471 e. The van der Waals surface area contributed by atoms with E-state index in [4.69, 9.17) is 10.5 Å². The Kier molecular flexibility index (Phi) is 8.24. The molecule has 208 valence electrons. The summed E-state index contributed by atoms with van der Waals surface area (Å²) >= 11 is 0. The second-order valence-corrected chi connectivity index (χ2v) is 9.40. The zero-order chi connectivity index (χ0) is 28.3. The third kappa shape index (κ3) is 6.06. The number of nitrogens with one attached hydrogen (secondary N) is 1. The fourth-order valence-electron chi connectivity index (χ4n) is 4.96. The Labute approximate surface area is 221 Å². The number of hydrogen-bond donors (Lipinski definition) is 2. The first-order valence-corrected chi connectivity index (χ1v) is 12.3. The maximum absolute atomic E-state index is 14.7. The van der Waals surface area contributed by atoms with E-state index in [-0.39, 0.29) is 17.4 Å². The summed E-state index contributed by atoms with van der Waals surface area (Å²) in [6.07, 6.45) is -2.47. The number of ether oxygens (including phenoxy) is 1. The summed E-state index contributed by atoms with van der Waals surface area (Å²) in [7, 11) is 1.56. The molecule has 0 aliphatic carbocycles. The summed E-state index contributed by atoms with van der Waals surface area (Å²) in [6.45, 7) is 1.08. The van der Waals surface area contributed by atoms with Crippen molar-refractivity contribution in [3.63, 3.8) is 0 Å². The maximum atomic E-state index is 14.7. The van der Waals surface area contributed by atoms with Crippen molar-refractivity contribution >= 4 is 28.6 Å². The van der Waals surface area contributed by atoms with Crippen LogP contribution in [0.1, 0.15) is 50.6 Å². The van der Waals surface area contributed by atoms with Crippen molar-refractivity contribution in [3.8, 4) is 0 Å². The highest BCUT2D eigenvalue weighted by molar-refractivity contribution is 6.15. The molecule has 8 nitrogen and oxygen atoms in total. The van der Waals surface area contributed by atoms with E-state index in [1.54, 1.807) is 41.7 Å². The molecule has 4 rings (SSSR count). The maximum Gasteiger partial charge on any atom is 0.471 e. The number of carbonyl (C=O) groups is 3. The van der Waals surface area contributed by atoms with Gasteiger partial charge in [-0.15, -0.1) is 0 Å². The van der Waals surface area contributed by atoms with Crippen molar-refractivity contribution in [2.75, 3.05) is 26.8 Å². The average molecular weight is 549 g/mol. The predicted octanol–water partition coefficient (Wildman–Crippen LogP) is 3.72. The van der Waals surface area contributed by atoms with Gasteiger partial charge in [-0.1, -0.05) is 18.2 Å². The van der Waals surface area contributed by atoms with Crippen LogP contribution >= 0.6 is 0 Å². The van der Waals surface area contributed by atoms with Crippen LogP contribution in [0.2, 0.25) is 0 Å². The Bertz CT molecular complexity index is 1390. The Balaban J connectivity index is 1.51. The number of piperidine rings is 1. The third-order valence-corrected chi connectivity index (χ3v) is 6.93. The van der Waals surface area contributed by atoms with Gasteiger partial charge in [0, 0.05) is 56.0 Å². The van der Waals surface area contributed by atoms with Crippen LogP contribution in [0.25, 0.3) is 10.9 Å². The molecule has 39 heavy (non-hydrogen) atoms. The number of benzene rings is 2. The number of fused-ring (bicyclic) bond motifs is 1. The molecule has 2 aromatic carbocycles. The quantitative estimate of drug-likeness (QED) is 0.419. The lowest BCUT2D eigenvalue weighted by molar-refractivity contribution is -0.173. The first-order valence-electron chi connectivity index (χ1n) is 12.3. The zero-order valence-corrected chi connectivity index (χ0v) is 21.2. The zero-order valence-electron chi connectivity index (χ0n) is 21.2. The summed E-state index contributed by atoms with van der Waals surface area (Å²) < 4.78 is 59.1. The highest BCUT2D eigenvalue weighted by atomic mass is 19.4. The number of amides is 3. The monoisotopic (exact) mass is 548 g/mol. The summed E-state index contributed by atoms with van der Waals surface area (Å²) in [5, 5.41) is 2.25. The first-order chi connectivity index (χ1) is 18.5. The highest BCUT2D eigenvalue weighted by Gasteiger charge is 2.38. The fraction of sp³-hybridized carbons (Fsp3) is 0.370. The van der Waals surface area contributed by atoms with E-state index < -0.39 is 30.4 Å². The van der Waals surface area contributed by atoms with Gasteiger partial charge in [-0.05, 0) is 48.1 Å². The molecule has 0 bridgehead atoms. The van der Waals surface area contributed by atoms with Gasteiger partial charge < -0.3 is 25.3 Å². The molecule has 1 aliphatic rings. The molecule has 1 saturated heterocycles. The number of aromatic nitrogens is 1. The van der Waals surface area contributed by atoms with Gasteiger partial charge in [0.1, 0.15) is 5.82 Å². The molecule has 0 radical (unpaired) electrons. The van der Waals surface area contributed by atoms with Gasteiger partial charge in [0.25, 0.3) is 5.91 Å². The standard InChI is InChI=1S/C27H28F4N4O4/c1-39-12-11-35-15-20(23-18(24(32)36)3-2-4-22(23)35)25(37)34-9-7-17(8-10-34)19-13-16(5-6-21(19)28)14-33-26(38)27(29,30)31/h2-6,13,15,17H,7-12,14H2,1H3,(H2,32,36)(H,33,38). The predicted molar refractivity (Wildman–Crippen MR) is 135 cm³/mol. The minimum Gasteiger partial charge on any atom is -0.383 e. The molecular formula is C27H28F4N4O4. The Morgan fingerprint density at radius 2 is 1.82 bits per heavy atom. The number of alkyl halides is 3. The summed E-state index contributed by atoms with van der Waals surface area (Å²) in [4.78, 5) is 38.5. The molecule has 3 amide bonds. The van der Waals surface area contributed by atoms with E-state index in [1.165, 1.54) is 18.2 Å². The number of nitrogens with zero attached hydrogens (tertiary/aromatic N) is 2. The number of primary amides is 1. The van der Waals surface area contributed by atoms with Gasteiger partial charge in [-0.25, -0.2) is 4.39 Å². The van der Waals surface area contributed by atoms with Crippen molar-refractivity contribution < 1.29 is 36.7 Å². The van der Waals surface area contributed by atoms with Gasteiger partial charge in [-0.2, -0.15) is 13.2 Å². The van der Waals surface area contributed by atoms with Gasteiger partial charge in [0.05, 0.1) is 12.2 Å². The number of likely N-dealkylation sites (tertiary alicyclic amines) is 1. The van der Waals surface area contributed by atoms with Crippen molar-refractivity contribution in [2.24, 2.45) is 5.73 Å². The molecule has 1 aliphatic heterocycles. The topological polar surface area (TPSA) is 107 Å². The van der Waals surface area contributed by atoms with Crippen LogP contribution in [-0.2, 0) is 22.6 Å². The van der Waals surface area contributed by atoms with Crippen molar-refractivity contribution in [2.45, 2.75) is 38.0 Å². The SMILES string of the molecule is COCCn1cc(C(=O)N2CCC(c3cc(CNC(=O)C(F)(F)F)ccc3F)CC2)c2c(C(N)=O)cccc21. The summed E-state index contributed by atoms with van der Waals surface area (Å²) in [5.74, 6) is -3.77. The van der Waals surface area contributed by atoms with Crippen molar-refractivity contribution in [1.82, 2.24) is 14.8 Å². The lowest BCUT2D eigenvalue weighted by atomic mass is 9.88. The molecule has 1 aromatic heterocycles. The number of rotatable bonds is 8. The molecule has 0 spiro atoms. The lowest BCUT2D eigenvalue weighted by Crippen LogP contribution is -2.38. The second kappa shape index (κ2) is 11.4. The average Bonchev–Trinajstić information content (AvgIpc) is 3.29. The summed E-state index contributed by atoms with van der Waals surface area (Å²) in [5.41, 5.74) is 7.51. The molecule has 3 N–H and O–H groups in total. The van der Waals surface area contributed by atoms with E-state index in [2.05, 4.69) is 0 Å². The molecule has 0 unspecified atom stereocenters. The first kappa shape index (κ1) is 28.1. The van der Waals surface area contributed by atoms with E-state index in [1.807, 2.05) is 4.57 Å². The van der Waals surface area contributed by atoms with Crippen LogP contribution in [0.15, 0.2) is 42.6 Å². The van der Waals surface area contributed by atoms with Crippen LogP contribution < -0.4 is 11.1 Å². The minimum absolute atomic E-state index is 0.235. The Morgan fingerprint density at radius 3 is 2.46 bits per heavy atom. The number of methoxy groups -OCH3 is 1. The third-order valence-electron chi connectivity index (χ3n) is 6.93. The van der Waals surface area contributed by atoms with Crippen LogP contribution in [0.4, 0.5) is 17.6 Å². The number of halogens is 4. The molecule has 2 heterocycles. The Morgan fingerprint density at radius 1 is 1.10 bits per heavy atom. The molecule has 1 fully saturated rings. The van der Waals surface area contributed by atoms with Crippen LogP contribution in [0, 0.1) is 5.82 Å². The van der Waals surface area contributed by atoms with E-state index >= 15 is 0 Å². The van der Waals surface area contributed by atoms with Crippen LogP contribution in [0.3, 0.4) is 0 Å². The molecule has 3 aromatic rings. The van der Waals surface area contributed by atoms with Gasteiger partial charge in [-0.3, -0.25) is 14.4 Å². The van der Waals surface area contributed by atoms with Crippen molar-refractivity contribution in [1.29, 1.82) is 0 Å². The van der Waals surface area contributed by atoms with E-state index in [9.17, 15) is 31.9 Å². The van der Waals surface area contributed by atoms with E-state index in [0.717, 1.165) is 0 Å². The number of carbonyl (C=O) groups excluding carboxylic acids is 3.